The molecule has 19 heavy (non-hydrogen) atoms. The van der Waals surface area contributed by atoms with Crippen LogP contribution >= 0.6 is 22.6 Å². The minimum absolute atomic E-state index is 0.0666. The van der Waals surface area contributed by atoms with E-state index in [-0.39, 0.29) is 9.60 Å². The van der Waals surface area contributed by atoms with Crippen LogP contribution in [0.4, 0.5) is 4.39 Å². The van der Waals surface area contributed by atoms with Crippen LogP contribution in [-0.4, -0.2) is 73.7 Å². The zero-order valence-electron chi connectivity index (χ0n) is 12.8. The van der Waals surface area contributed by atoms with E-state index in [0.717, 1.165) is 11.3 Å². The quantitative estimate of drug-likeness (QED) is 0.311. The Hall–Kier alpha value is 1.47. The molecule has 0 N–H and O–H groups in total. The Labute approximate surface area is 162 Å². The van der Waals surface area contributed by atoms with E-state index in [1.807, 2.05) is 16.6 Å². The predicted octanol–water partition coefficient (Wildman–Crippen LogP) is 2.74. The van der Waals surface area contributed by atoms with Crippen LogP contribution in [0.3, 0.4) is 0 Å². The van der Waals surface area contributed by atoms with Crippen molar-refractivity contribution in [3.63, 3.8) is 0 Å². The number of hydrogen-bond acceptors (Lipinski definition) is 2. The molecule has 1 aliphatic rings. The fourth-order valence-electron chi connectivity index (χ4n) is 3.25. The van der Waals surface area contributed by atoms with Gasteiger partial charge in [0.15, 0.2) is 0 Å². The average Bonchev–Trinajstić information content (AvgIpc) is 2.54. The third-order valence-corrected chi connectivity index (χ3v) is 9.92. The normalized spacial score (nSPS) is 35.8. The van der Waals surface area contributed by atoms with Crippen molar-refractivity contribution >= 4 is 71.5 Å². The van der Waals surface area contributed by atoms with Crippen LogP contribution in [-0.2, 0) is 12.3 Å². The van der Waals surface area contributed by atoms with Gasteiger partial charge in [-0.2, -0.15) is 0 Å². The molecule has 0 bridgehead atoms. The number of aryl methyl sites for hydroxylation is 1. The number of rotatable bonds is 1. The molecule has 2 heterocycles. The van der Waals surface area contributed by atoms with Crippen molar-refractivity contribution in [1.82, 2.24) is 14.7 Å². The summed E-state index contributed by atoms with van der Waals surface area (Å²) in [6.07, 6.45) is 0. The summed E-state index contributed by atoms with van der Waals surface area (Å²) in [5, 5.41) is 4.49. The van der Waals surface area contributed by atoms with Gasteiger partial charge in [-0.3, -0.25) is 0 Å². The summed E-state index contributed by atoms with van der Waals surface area (Å²) in [7, 11) is 1.91. The third kappa shape index (κ3) is 2.43. The van der Waals surface area contributed by atoms with E-state index in [2.05, 4.69) is 55.4 Å². The molecule has 6 heteroatoms. The molecule has 1 aromatic heterocycles. The summed E-state index contributed by atoms with van der Waals surface area (Å²) in [6, 6.07) is 0.161. The van der Waals surface area contributed by atoms with E-state index < -0.39 is 5.79 Å². The zero-order chi connectivity index (χ0) is 14.7. The van der Waals surface area contributed by atoms with Gasteiger partial charge in [0, 0.05) is 0 Å². The molecule has 0 spiro atoms. The van der Waals surface area contributed by atoms with Crippen LogP contribution in [0.25, 0.3) is 0 Å². The molecule has 1 aliphatic heterocycles. The Bertz CT molecular complexity index is 510. The Balaban J connectivity index is 2.76. The second-order valence-corrected chi connectivity index (χ2v) is 10.9. The first-order valence-electron chi connectivity index (χ1n) is 6.69. The molecule has 3 unspecified atom stereocenters. The molecule has 3 nitrogen and oxygen atoms in total. The first kappa shape index (κ1) is 16.8. The molecule has 0 radical (unpaired) electrons. The molecule has 1 aromatic rings. The molecule has 3 atom stereocenters. The van der Waals surface area contributed by atoms with Crippen molar-refractivity contribution in [1.29, 1.82) is 0 Å². The summed E-state index contributed by atoms with van der Waals surface area (Å²) in [4.78, 5) is 1.98. The summed E-state index contributed by atoms with van der Waals surface area (Å²) in [5.74, 6) is -1.49. The van der Waals surface area contributed by atoms with E-state index in [1.54, 1.807) is 6.92 Å². The van der Waals surface area contributed by atoms with Gasteiger partial charge >= 0.3 is 165 Å². The van der Waals surface area contributed by atoms with Crippen molar-refractivity contribution < 1.29 is 4.39 Å². The number of fused-ring (bicyclic) bond motifs is 1. The van der Waals surface area contributed by atoms with Gasteiger partial charge in [0.05, 0.1) is 0 Å². The summed E-state index contributed by atoms with van der Waals surface area (Å²) in [6.45, 7) is 10.1. The number of halogens is 2. The molecule has 0 saturated heterocycles. The summed E-state index contributed by atoms with van der Waals surface area (Å²) < 4.78 is 17.5. The standard InChI is InChI=1S/C13H20FIN3.K/c1-7(2)18-12(15)8(3)10-9(4)17(6)16-11(10)13(18,5)14;/h7,12H,1-6H3;. The van der Waals surface area contributed by atoms with Crippen LogP contribution < -0.4 is 0 Å². The van der Waals surface area contributed by atoms with Crippen LogP contribution in [0.2, 0.25) is 0 Å². The molecule has 102 valence electrons. The molecular formula is C13H20FIKN3. The molecule has 0 amide bonds. The van der Waals surface area contributed by atoms with E-state index in [9.17, 15) is 0 Å². The van der Waals surface area contributed by atoms with Crippen LogP contribution in [0.15, 0.2) is 0 Å². The average molecular weight is 403 g/mol. The van der Waals surface area contributed by atoms with E-state index in [4.69, 9.17) is 0 Å². The van der Waals surface area contributed by atoms with E-state index >= 15 is 4.39 Å². The van der Waals surface area contributed by atoms with Crippen molar-refractivity contribution in [3.05, 3.63) is 17.0 Å². The number of aromatic nitrogens is 2. The van der Waals surface area contributed by atoms with Crippen molar-refractivity contribution in [3.8, 4) is 0 Å². The third-order valence-electron chi connectivity index (χ3n) is 4.29. The predicted molar refractivity (Wildman–Crippen MR) is 84.3 cm³/mol. The van der Waals surface area contributed by atoms with Crippen LogP contribution in [0.5, 0.6) is 0 Å². The molecule has 0 aliphatic carbocycles. The monoisotopic (exact) mass is 403 g/mol. The SMILES string of the molecule is Cc1c2c(nn1C)C(C)(F)N(C(C)C)C(I)[C]2(C)[K]. The van der Waals surface area contributed by atoms with Crippen molar-refractivity contribution in [2.24, 2.45) is 7.05 Å². The Morgan fingerprint density at radius 1 is 1.42 bits per heavy atom. The molecular weight excluding hydrogens is 383 g/mol. The van der Waals surface area contributed by atoms with E-state index in [1.165, 1.54) is 0 Å². The molecule has 0 saturated carbocycles. The van der Waals surface area contributed by atoms with Gasteiger partial charge in [-0.1, -0.05) is 0 Å². The molecule has 2 rings (SSSR count). The first-order chi connectivity index (χ1) is 8.52. The van der Waals surface area contributed by atoms with Crippen molar-refractivity contribution in [2.45, 2.75) is 50.0 Å². The molecule has 0 aromatic carbocycles. The maximum atomic E-state index is 15.4. The van der Waals surface area contributed by atoms with Gasteiger partial charge in [0.25, 0.3) is 0 Å². The fraction of sp³-hybridized carbons (Fsp3) is 0.769. The summed E-state index contributed by atoms with van der Waals surface area (Å²) in [5.41, 5.74) is 2.89. The van der Waals surface area contributed by atoms with Gasteiger partial charge in [-0.25, -0.2) is 0 Å². The fourth-order valence-corrected chi connectivity index (χ4v) is 6.09. The van der Waals surface area contributed by atoms with Gasteiger partial charge in [0.1, 0.15) is 0 Å². The maximum absolute atomic E-state index is 15.4. The summed E-state index contributed by atoms with van der Waals surface area (Å²) >= 11 is 2.97. The number of nitrogens with zero attached hydrogens (tertiary/aromatic N) is 3. The van der Waals surface area contributed by atoms with Crippen LogP contribution in [0, 0.1) is 6.92 Å². The van der Waals surface area contributed by atoms with Crippen LogP contribution in [0.1, 0.15) is 44.6 Å². The first-order valence-corrected chi connectivity index (χ1v) is 9.49. The van der Waals surface area contributed by atoms with Gasteiger partial charge in [-0.05, 0) is 0 Å². The topological polar surface area (TPSA) is 21.1 Å². The van der Waals surface area contributed by atoms with Gasteiger partial charge in [0.2, 0.25) is 0 Å². The number of hydrogen-bond donors (Lipinski definition) is 0. The Morgan fingerprint density at radius 2 is 1.95 bits per heavy atom. The second-order valence-electron chi connectivity index (χ2n) is 6.44. The van der Waals surface area contributed by atoms with Crippen molar-refractivity contribution in [2.75, 3.05) is 0 Å². The molecule has 0 fully saturated rings. The Kier molecular flexibility index (Phi) is 4.67. The second kappa shape index (κ2) is 5.28. The Morgan fingerprint density at radius 3 is 2.42 bits per heavy atom. The zero-order valence-corrected chi connectivity index (χ0v) is 18.0. The van der Waals surface area contributed by atoms with E-state index in [0.29, 0.717) is 54.6 Å². The van der Waals surface area contributed by atoms with Gasteiger partial charge in [-0.15, -0.1) is 0 Å². The minimum atomic E-state index is -1.49. The number of alkyl halides is 2. The van der Waals surface area contributed by atoms with Gasteiger partial charge < -0.3 is 0 Å².